The maximum atomic E-state index is 15.1. The van der Waals surface area contributed by atoms with E-state index in [1.807, 2.05) is 10.7 Å². The van der Waals surface area contributed by atoms with E-state index in [2.05, 4.69) is 10.2 Å². The molecular weight excluding hydrogens is 489 g/mol. The summed E-state index contributed by atoms with van der Waals surface area (Å²) in [5, 5.41) is 19.0. The second kappa shape index (κ2) is 7.61. The molecule has 1 aliphatic rings. The average Bonchev–Trinajstić information content (AvgIpc) is 3.08. The number of nitrogens with one attached hydrogen (secondary N) is 2. The SMILES string of the molecule is Cc1ccc(N/N=C2\C(=O)Nc3cc(C)nn3C2(O)C(F)(F)C(F)(F)C(F)(F)C(F)(F)F)cc1. The third-order valence-electron chi connectivity index (χ3n) is 4.86. The van der Waals surface area contributed by atoms with Crippen molar-refractivity contribution in [1.29, 1.82) is 0 Å². The quantitative estimate of drug-likeness (QED) is 0.425. The van der Waals surface area contributed by atoms with Crippen molar-refractivity contribution in [1.82, 2.24) is 9.78 Å². The van der Waals surface area contributed by atoms with Gasteiger partial charge in [-0.1, -0.05) is 17.7 Å². The van der Waals surface area contributed by atoms with Gasteiger partial charge in [-0.3, -0.25) is 10.2 Å². The molecule has 0 radical (unpaired) electrons. The maximum Gasteiger partial charge on any atom is 0.460 e. The van der Waals surface area contributed by atoms with E-state index in [4.69, 9.17) is 0 Å². The third-order valence-corrected chi connectivity index (χ3v) is 4.86. The fourth-order valence-electron chi connectivity index (χ4n) is 3.02. The predicted octanol–water partition coefficient (Wildman–Crippen LogP) is 4.03. The lowest BCUT2D eigenvalue weighted by Gasteiger charge is -2.43. The standard InChI is InChI=1S/C18H14F9N5O2/c1-8-3-5-10(6-4-8)29-30-12-13(33)28-11-7-9(2)31-32(11)14(12,34)15(19,20)16(21,22)17(23,24)18(25,26)27/h3-7,29,34H,1-2H3,(H,28,33)/b30-12+. The minimum atomic E-state index is -7.33. The van der Waals surface area contributed by atoms with Crippen LogP contribution in [0.15, 0.2) is 35.4 Å². The van der Waals surface area contributed by atoms with Gasteiger partial charge < -0.3 is 10.4 Å². The van der Waals surface area contributed by atoms with E-state index in [1.54, 1.807) is 6.92 Å². The highest BCUT2D eigenvalue weighted by Gasteiger charge is 2.88. The minimum Gasteiger partial charge on any atom is -0.359 e. The molecule has 3 rings (SSSR count). The Kier molecular flexibility index (Phi) is 5.67. The van der Waals surface area contributed by atoms with E-state index in [9.17, 15) is 40.6 Å². The average molecular weight is 503 g/mol. The number of nitrogens with zero attached hydrogens (tertiary/aromatic N) is 3. The van der Waals surface area contributed by atoms with Gasteiger partial charge in [-0.2, -0.15) is 49.7 Å². The summed E-state index contributed by atoms with van der Waals surface area (Å²) in [6.07, 6.45) is -7.15. The molecule has 2 heterocycles. The number of anilines is 2. The van der Waals surface area contributed by atoms with Gasteiger partial charge in [-0.05, 0) is 26.0 Å². The highest BCUT2D eigenvalue weighted by Crippen LogP contribution is 2.58. The van der Waals surface area contributed by atoms with Crippen molar-refractivity contribution in [2.75, 3.05) is 10.7 Å². The van der Waals surface area contributed by atoms with Crippen molar-refractivity contribution in [3.63, 3.8) is 0 Å². The topological polar surface area (TPSA) is 91.5 Å². The molecule has 1 aromatic carbocycles. The van der Waals surface area contributed by atoms with Gasteiger partial charge in [0, 0.05) is 6.07 Å². The van der Waals surface area contributed by atoms with Crippen LogP contribution in [0.25, 0.3) is 0 Å². The van der Waals surface area contributed by atoms with E-state index in [1.165, 1.54) is 24.3 Å². The number of halogens is 9. The lowest BCUT2D eigenvalue weighted by molar-refractivity contribution is -0.418. The van der Waals surface area contributed by atoms with Gasteiger partial charge in [0.1, 0.15) is 5.82 Å². The number of alkyl halides is 9. The summed E-state index contributed by atoms with van der Waals surface area (Å²) in [5.41, 5.74) is -4.45. The molecular formula is C18H14F9N5O2. The zero-order chi connectivity index (χ0) is 25.9. The summed E-state index contributed by atoms with van der Waals surface area (Å²) in [4.78, 5) is 12.4. The molecule has 0 bridgehead atoms. The van der Waals surface area contributed by atoms with Crippen LogP contribution in [0.4, 0.5) is 51.0 Å². The normalized spacial score (nSPS) is 20.8. The van der Waals surface area contributed by atoms with Crippen molar-refractivity contribution >= 4 is 23.1 Å². The number of rotatable bonds is 5. The monoisotopic (exact) mass is 503 g/mol. The Hall–Kier alpha value is -3.30. The number of amides is 1. The second-order valence-corrected chi connectivity index (χ2v) is 7.37. The number of carbonyl (C=O) groups is 1. The zero-order valence-electron chi connectivity index (χ0n) is 17.0. The summed E-state index contributed by atoms with van der Waals surface area (Å²) in [6.45, 7) is 2.74. The molecule has 1 aromatic heterocycles. The fraction of sp³-hybridized carbons (Fsp3) is 0.389. The molecule has 1 amide bonds. The molecule has 7 nitrogen and oxygen atoms in total. The van der Waals surface area contributed by atoms with Crippen LogP contribution >= 0.6 is 0 Å². The number of benzene rings is 1. The Labute approximate surface area is 184 Å². The van der Waals surface area contributed by atoms with Gasteiger partial charge in [0.15, 0.2) is 5.71 Å². The zero-order valence-corrected chi connectivity index (χ0v) is 17.0. The number of fused-ring (bicyclic) bond motifs is 1. The Morgan fingerprint density at radius 3 is 2.09 bits per heavy atom. The van der Waals surface area contributed by atoms with E-state index in [0.29, 0.717) is 5.56 Å². The molecule has 2 aromatic rings. The third kappa shape index (κ3) is 3.47. The van der Waals surface area contributed by atoms with Crippen LogP contribution in [-0.4, -0.2) is 50.4 Å². The molecule has 0 aliphatic carbocycles. The number of aromatic nitrogens is 2. The largest absolute Gasteiger partial charge is 0.460 e. The number of aryl methyl sites for hydroxylation is 2. The number of aliphatic hydroxyl groups is 1. The molecule has 1 aliphatic heterocycles. The number of carbonyl (C=O) groups excluding carboxylic acids is 1. The van der Waals surface area contributed by atoms with Crippen LogP contribution in [0.3, 0.4) is 0 Å². The molecule has 0 fully saturated rings. The van der Waals surface area contributed by atoms with Crippen molar-refractivity contribution in [3.8, 4) is 0 Å². The van der Waals surface area contributed by atoms with Gasteiger partial charge in [0.05, 0.1) is 11.4 Å². The summed E-state index contributed by atoms with van der Waals surface area (Å²) in [7, 11) is 0. The Morgan fingerprint density at radius 1 is 1.00 bits per heavy atom. The highest BCUT2D eigenvalue weighted by atomic mass is 19.4. The van der Waals surface area contributed by atoms with Crippen molar-refractivity contribution < 1.29 is 49.4 Å². The van der Waals surface area contributed by atoms with Gasteiger partial charge in [0.2, 0.25) is 0 Å². The van der Waals surface area contributed by atoms with Crippen LogP contribution in [0.1, 0.15) is 11.3 Å². The number of hydrazone groups is 1. The molecule has 1 atom stereocenters. The highest BCUT2D eigenvalue weighted by molar-refractivity contribution is 6.46. The number of hydrogen-bond acceptors (Lipinski definition) is 5. The van der Waals surface area contributed by atoms with Crippen LogP contribution in [0.2, 0.25) is 0 Å². The first-order chi connectivity index (χ1) is 15.4. The van der Waals surface area contributed by atoms with E-state index < -0.39 is 51.8 Å². The molecule has 186 valence electrons. The summed E-state index contributed by atoms with van der Waals surface area (Å²) >= 11 is 0. The van der Waals surface area contributed by atoms with Crippen molar-refractivity contribution in [2.45, 2.75) is 43.5 Å². The van der Waals surface area contributed by atoms with Gasteiger partial charge in [-0.25, -0.2) is 4.68 Å². The molecule has 1 unspecified atom stereocenters. The molecule has 3 N–H and O–H groups in total. The van der Waals surface area contributed by atoms with E-state index in [-0.39, 0.29) is 11.4 Å². The summed E-state index contributed by atoms with van der Waals surface area (Å²) < 4.78 is 123. The molecule has 0 saturated carbocycles. The van der Waals surface area contributed by atoms with Gasteiger partial charge in [-0.15, -0.1) is 0 Å². The number of hydrogen-bond donors (Lipinski definition) is 3. The van der Waals surface area contributed by atoms with Crippen LogP contribution in [0.5, 0.6) is 0 Å². The van der Waals surface area contributed by atoms with Crippen LogP contribution in [0, 0.1) is 13.8 Å². The molecule has 0 spiro atoms. The first-order valence-corrected chi connectivity index (χ1v) is 9.10. The second-order valence-electron chi connectivity index (χ2n) is 7.37. The van der Waals surface area contributed by atoms with Crippen LogP contribution < -0.4 is 10.7 Å². The lowest BCUT2D eigenvalue weighted by atomic mass is 9.89. The fourth-order valence-corrected chi connectivity index (χ4v) is 3.02. The summed E-state index contributed by atoms with van der Waals surface area (Å²) in [6, 6.07) is 6.29. The predicted molar refractivity (Wildman–Crippen MR) is 98.9 cm³/mol. The Bertz CT molecular complexity index is 1140. The Morgan fingerprint density at radius 2 is 1.56 bits per heavy atom. The minimum absolute atomic E-state index is 0.0357. The van der Waals surface area contributed by atoms with Crippen LogP contribution in [-0.2, 0) is 10.5 Å². The van der Waals surface area contributed by atoms with Crippen molar-refractivity contribution in [2.24, 2.45) is 5.10 Å². The van der Waals surface area contributed by atoms with Gasteiger partial charge in [0.25, 0.3) is 11.6 Å². The van der Waals surface area contributed by atoms with E-state index in [0.717, 1.165) is 13.0 Å². The molecule has 16 heteroatoms. The smallest absolute Gasteiger partial charge is 0.359 e. The van der Waals surface area contributed by atoms with Gasteiger partial charge >= 0.3 is 23.9 Å². The first-order valence-electron chi connectivity index (χ1n) is 9.10. The first kappa shape index (κ1) is 25.3. The Balaban J connectivity index is 2.25. The summed E-state index contributed by atoms with van der Waals surface area (Å²) in [5.74, 6) is -24.0. The van der Waals surface area contributed by atoms with Crippen molar-refractivity contribution in [3.05, 3.63) is 41.6 Å². The molecule has 0 saturated heterocycles. The molecule has 34 heavy (non-hydrogen) atoms. The maximum absolute atomic E-state index is 15.1. The lowest BCUT2D eigenvalue weighted by Crippen LogP contribution is -2.73. The van der Waals surface area contributed by atoms with E-state index >= 15 is 8.78 Å².